The molecule has 4 saturated carbocycles. The third-order valence-corrected chi connectivity index (χ3v) is 12.1. The van der Waals surface area contributed by atoms with Gasteiger partial charge in [0, 0.05) is 18.4 Å². The van der Waals surface area contributed by atoms with Gasteiger partial charge in [-0.3, -0.25) is 5.32 Å². The molecule has 4 heteroatoms. The minimum absolute atomic E-state index is 0.00311. The number of aliphatic hydroxyl groups excluding tert-OH is 2. The molecule has 4 aliphatic carbocycles. The lowest BCUT2D eigenvalue weighted by Crippen LogP contribution is -2.59. The van der Waals surface area contributed by atoms with Crippen molar-refractivity contribution in [3.05, 3.63) is 0 Å². The fourth-order valence-corrected chi connectivity index (χ4v) is 10.5. The van der Waals surface area contributed by atoms with Crippen LogP contribution in [-0.2, 0) is 4.74 Å². The molecule has 2 aliphatic heterocycles. The fourth-order valence-electron chi connectivity index (χ4n) is 10.5. The Morgan fingerprint density at radius 1 is 0.871 bits per heavy atom. The summed E-state index contributed by atoms with van der Waals surface area (Å²) in [4.78, 5) is 0. The Kier molecular flexibility index (Phi) is 4.78. The Labute approximate surface area is 188 Å². The Balaban J connectivity index is 1.30. The van der Waals surface area contributed by atoms with Gasteiger partial charge in [0.05, 0.1) is 18.3 Å². The van der Waals surface area contributed by atoms with E-state index in [4.69, 9.17) is 4.74 Å². The van der Waals surface area contributed by atoms with Crippen LogP contribution in [0.25, 0.3) is 0 Å². The molecule has 176 valence electrons. The average Bonchev–Trinajstić information content (AvgIpc) is 3.14. The molecular formula is C27H45NO3. The second-order valence-electron chi connectivity index (χ2n) is 13.4. The van der Waals surface area contributed by atoms with E-state index in [1.807, 2.05) is 0 Å². The summed E-state index contributed by atoms with van der Waals surface area (Å²) in [6.45, 7) is 10.8. The molecule has 0 aromatic carbocycles. The molecule has 2 saturated heterocycles. The van der Waals surface area contributed by atoms with Crippen LogP contribution < -0.4 is 5.32 Å². The van der Waals surface area contributed by atoms with Crippen molar-refractivity contribution in [3.63, 3.8) is 0 Å². The van der Waals surface area contributed by atoms with Gasteiger partial charge in [0.15, 0.2) is 0 Å². The van der Waals surface area contributed by atoms with Crippen molar-refractivity contribution in [1.29, 1.82) is 0 Å². The number of hydrogen-bond acceptors (Lipinski definition) is 4. The van der Waals surface area contributed by atoms with E-state index in [-0.39, 0.29) is 29.5 Å². The molecule has 6 aliphatic rings. The molecule has 0 amide bonds. The molecule has 0 aromatic heterocycles. The van der Waals surface area contributed by atoms with Crippen molar-refractivity contribution in [1.82, 2.24) is 5.32 Å². The average molecular weight is 432 g/mol. The number of hydrogen-bond donors (Lipinski definition) is 3. The van der Waals surface area contributed by atoms with Gasteiger partial charge in [-0.1, -0.05) is 27.7 Å². The van der Waals surface area contributed by atoms with Crippen molar-refractivity contribution in [2.24, 2.45) is 52.3 Å². The number of ether oxygens (including phenoxy) is 1. The molecule has 13 atom stereocenters. The van der Waals surface area contributed by atoms with E-state index < -0.39 is 0 Å². The SMILES string of the molecule is C[C@@H]1CC[C@@]2(NC1)O[C@H]1[C@@H](O)[C@H]3[C@@H]4CC[C@H]5C[C@@H](O)CC[C@]5(C)[C@H]4CC[C@]3(C)[C@H]1[C@@H]2C. The largest absolute Gasteiger partial charge is 0.393 e. The smallest absolute Gasteiger partial charge is 0.122 e. The highest BCUT2D eigenvalue weighted by atomic mass is 16.5. The molecule has 3 N–H and O–H groups in total. The second kappa shape index (κ2) is 6.93. The van der Waals surface area contributed by atoms with Gasteiger partial charge in [-0.2, -0.15) is 0 Å². The van der Waals surface area contributed by atoms with Gasteiger partial charge in [-0.25, -0.2) is 0 Å². The third-order valence-electron chi connectivity index (χ3n) is 12.1. The number of rotatable bonds is 0. The van der Waals surface area contributed by atoms with E-state index in [9.17, 15) is 10.2 Å². The van der Waals surface area contributed by atoms with E-state index >= 15 is 0 Å². The summed E-state index contributed by atoms with van der Waals surface area (Å²) in [5.74, 6) is 4.04. The zero-order valence-electron chi connectivity index (χ0n) is 20.1. The maximum atomic E-state index is 11.8. The summed E-state index contributed by atoms with van der Waals surface area (Å²) >= 11 is 0. The summed E-state index contributed by atoms with van der Waals surface area (Å²) in [5.41, 5.74) is 0.336. The first-order valence-electron chi connectivity index (χ1n) is 13.5. The summed E-state index contributed by atoms with van der Waals surface area (Å²) in [7, 11) is 0. The molecule has 0 unspecified atom stereocenters. The molecule has 0 radical (unpaired) electrons. The van der Waals surface area contributed by atoms with Gasteiger partial charge < -0.3 is 14.9 Å². The van der Waals surface area contributed by atoms with Crippen molar-refractivity contribution in [2.45, 2.75) is 110 Å². The van der Waals surface area contributed by atoms with E-state index in [0.717, 1.165) is 31.7 Å². The molecular weight excluding hydrogens is 386 g/mol. The van der Waals surface area contributed by atoms with Gasteiger partial charge in [0.2, 0.25) is 0 Å². The van der Waals surface area contributed by atoms with Crippen LogP contribution >= 0.6 is 0 Å². The molecule has 0 aromatic rings. The summed E-state index contributed by atoms with van der Waals surface area (Å²) in [6.07, 6.45) is 10.1. The molecule has 4 nitrogen and oxygen atoms in total. The van der Waals surface area contributed by atoms with E-state index in [1.54, 1.807) is 0 Å². The normalized spacial score (nSPS) is 63.3. The standard InChI is InChI=1S/C27H45NO3/c1-15-7-12-27(28-14-15)16(2)21-24(31-27)23(30)22-19-6-5-17-13-18(29)8-10-25(17,3)20(19)9-11-26(21,22)4/h15-24,28-30H,5-14H2,1-4H3/t15-,16+,17+,18+,19-,20+,21+,22-,23+,24-,25+,26-,27-/m1/s1. The highest BCUT2D eigenvalue weighted by Gasteiger charge is 2.71. The van der Waals surface area contributed by atoms with E-state index in [2.05, 4.69) is 33.0 Å². The molecule has 6 rings (SSSR count). The van der Waals surface area contributed by atoms with Crippen molar-refractivity contribution in [2.75, 3.05) is 6.54 Å². The first-order valence-corrected chi connectivity index (χ1v) is 13.5. The minimum Gasteiger partial charge on any atom is -0.393 e. The summed E-state index contributed by atoms with van der Waals surface area (Å²) in [6, 6.07) is 0. The second-order valence-corrected chi connectivity index (χ2v) is 13.4. The number of piperidine rings is 1. The van der Waals surface area contributed by atoms with Crippen molar-refractivity contribution in [3.8, 4) is 0 Å². The van der Waals surface area contributed by atoms with Crippen LogP contribution in [0.2, 0.25) is 0 Å². The Morgan fingerprint density at radius 3 is 2.39 bits per heavy atom. The van der Waals surface area contributed by atoms with Gasteiger partial charge in [0.1, 0.15) is 5.72 Å². The van der Waals surface area contributed by atoms with Crippen LogP contribution in [0, 0.1) is 52.3 Å². The van der Waals surface area contributed by atoms with Gasteiger partial charge in [-0.05, 0) is 98.2 Å². The molecule has 6 fully saturated rings. The van der Waals surface area contributed by atoms with Gasteiger partial charge >= 0.3 is 0 Å². The zero-order valence-corrected chi connectivity index (χ0v) is 20.1. The lowest BCUT2D eigenvalue weighted by molar-refractivity contribution is -0.170. The predicted molar refractivity (Wildman–Crippen MR) is 121 cm³/mol. The predicted octanol–water partition coefficient (Wildman–Crippen LogP) is 4.34. The highest BCUT2D eigenvalue weighted by molar-refractivity contribution is 5.19. The number of aliphatic hydroxyl groups is 2. The van der Waals surface area contributed by atoms with Crippen molar-refractivity contribution >= 4 is 0 Å². The van der Waals surface area contributed by atoms with Gasteiger partial charge in [-0.15, -0.1) is 0 Å². The number of nitrogens with one attached hydrogen (secondary N) is 1. The third kappa shape index (κ3) is 2.74. The lowest BCUT2D eigenvalue weighted by Gasteiger charge is -2.61. The maximum Gasteiger partial charge on any atom is 0.122 e. The Morgan fingerprint density at radius 2 is 1.65 bits per heavy atom. The zero-order chi connectivity index (χ0) is 21.8. The summed E-state index contributed by atoms with van der Waals surface area (Å²) < 4.78 is 6.88. The van der Waals surface area contributed by atoms with E-state index in [0.29, 0.717) is 40.9 Å². The summed E-state index contributed by atoms with van der Waals surface area (Å²) in [5, 5.41) is 25.9. The quantitative estimate of drug-likeness (QED) is 0.534. The molecule has 1 spiro atoms. The number of fused-ring (bicyclic) bond motifs is 7. The topological polar surface area (TPSA) is 61.7 Å². The maximum absolute atomic E-state index is 11.8. The fraction of sp³-hybridized carbons (Fsp3) is 1.00. The van der Waals surface area contributed by atoms with Crippen molar-refractivity contribution < 1.29 is 14.9 Å². The van der Waals surface area contributed by atoms with Crippen LogP contribution in [0.4, 0.5) is 0 Å². The van der Waals surface area contributed by atoms with Crippen LogP contribution in [0.3, 0.4) is 0 Å². The highest BCUT2D eigenvalue weighted by Crippen LogP contribution is 2.71. The Hall–Kier alpha value is -0.160. The van der Waals surface area contributed by atoms with Crippen LogP contribution in [0.1, 0.15) is 85.5 Å². The molecule has 31 heavy (non-hydrogen) atoms. The molecule has 0 bridgehead atoms. The van der Waals surface area contributed by atoms with Crippen LogP contribution in [-0.4, -0.2) is 40.8 Å². The first kappa shape index (κ1) is 21.4. The van der Waals surface area contributed by atoms with Crippen LogP contribution in [0.15, 0.2) is 0 Å². The monoisotopic (exact) mass is 431 g/mol. The Bertz CT molecular complexity index is 719. The first-order chi connectivity index (χ1) is 14.7. The lowest BCUT2D eigenvalue weighted by atomic mass is 9.44. The van der Waals surface area contributed by atoms with Crippen LogP contribution in [0.5, 0.6) is 0 Å². The van der Waals surface area contributed by atoms with E-state index in [1.165, 1.54) is 38.5 Å². The van der Waals surface area contributed by atoms with Gasteiger partial charge in [0.25, 0.3) is 0 Å². The molecule has 2 heterocycles. The minimum atomic E-state index is -0.319.